The first-order valence-corrected chi connectivity index (χ1v) is 4.38. The maximum Gasteiger partial charge on any atom is 0.261 e. The summed E-state index contributed by atoms with van der Waals surface area (Å²) in [6.45, 7) is 0. The molecule has 76 valence electrons. The third kappa shape index (κ3) is 1.34. The molecule has 2 rings (SSSR count). The van der Waals surface area contributed by atoms with Crippen LogP contribution in [-0.2, 0) is 7.05 Å². The lowest BCUT2D eigenvalue weighted by molar-refractivity contribution is 0.112. The number of rotatable bonds is 1. The highest BCUT2D eigenvalue weighted by atomic mass is 19.1. The number of carbonyl (C=O) groups is 1. The van der Waals surface area contributed by atoms with Crippen LogP contribution in [0.25, 0.3) is 10.8 Å². The van der Waals surface area contributed by atoms with Gasteiger partial charge in [0.15, 0.2) is 6.29 Å². The lowest BCUT2D eigenvalue weighted by atomic mass is 10.1. The van der Waals surface area contributed by atoms with Gasteiger partial charge in [-0.15, -0.1) is 0 Å². The summed E-state index contributed by atoms with van der Waals surface area (Å²) in [5.41, 5.74) is -0.113. The average Bonchev–Trinajstić information content (AvgIpc) is 2.24. The number of nitrogens with zero attached hydrogens (tertiary/aromatic N) is 1. The van der Waals surface area contributed by atoms with Crippen LogP contribution in [-0.4, -0.2) is 10.9 Å². The van der Waals surface area contributed by atoms with Gasteiger partial charge in [-0.2, -0.15) is 0 Å². The molecule has 0 N–H and O–H groups in total. The first kappa shape index (κ1) is 9.58. The largest absolute Gasteiger partial charge is 0.318 e. The maximum atomic E-state index is 13.4. The van der Waals surface area contributed by atoms with E-state index in [2.05, 4.69) is 0 Å². The molecule has 0 bridgehead atoms. The van der Waals surface area contributed by atoms with E-state index in [1.807, 2.05) is 0 Å². The number of pyridine rings is 1. The van der Waals surface area contributed by atoms with Crippen molar-refractivity contribution in [2.24, 2.45) is 7.05 Å². The molecule has 0 radical (unpaired) electrons. The van der Waals surface area contributed by atoms with Crippen LogP contribution in [0.5, 0.6) is 0 Å². The molecule has 0 aliphatic rings. The van der Waals surface area contributed by atoms with E-state index < -0.39 is 11.4 Å². The van der Waals surface area contributed by atoms with Crippen LogP contribution in [0.1, 0.15) is 10.4 Å². The Kier molecular flexibility index (Phi) is 2.11. The smallest absolute Gasteiger partial charge is 0.261 e. The molecule has 0 unspecified atom stereocenters. The number of aryl methyl sites for hydroxylation is 1. The van der Waals surface area contributed by atoms with E-state index in [1.54, 1.807) is 6.07 Å². The Labute approximate surface area is 84.8 Å². The molecule has 15 heavy (non-hydrogen) atoms. The zero-order valence-electron chi connectivity index (χ0n) is 8.03. The summed E-state index contributed by atoms with van der Waals surface area (Å²) in [5.74, 6) is -0.600. The highest BCUT2D eigenvalue weighted by molar-refractivity contribution is 5.97. The fourth-order valence-corrected chi connectivity index (χ4v) is 1.54. The Bertz CT molecular complexity index is 601. The molecule has 0 aliphatic carbocycles. The zero-order chi connectivity index (χ0) is 11.0. The fourth-order valence-electron chi connectivity index (χ4n) is 1.54. The van der Waals surface area contributed by atoms with E-state index in [1.165, 1.54) is 23.9 Å². The van der Waals surface area contributed by atoms with E-state index >= 15 is 0 Å². The third-order valence-electron chi connectivity index (χ3n) is 2.35. The summed E-state index contributed by atoms with van der Waals surface area (Å²) in [6, 6.07) is 4.06. The molecule has 1 heterocycles. The number of halogens is 1. The summed E-state index contributed by atoms with van der Waals surface area (Å²) in [4.78, 5) is 22.3. The van der Waals surface area contributed by atoms with Crippen LogP contribution >= 0.6 is 0 Å². The van der Waals surface area contributed by atoms with Gasteiger partial charge >= 0.3 is 0 Å². The first-order valence-electron chi connectivity index (χ1n) is 4.38. The minimum absolute atomic E-state index is 0.0374. The SMILES string of the molecule is Cn1ccc2c(C=O)ccc(F)c2c1=O. The Morgan fingerprint density at radius 1 is 1.33 bits per heavy atom. The van der Waals surface area contributed by atoms with Crippen molar-refractivity contribution in [1.82, 2.24) is 4.57 Å². The van der Waals surface area contributed by atoms with Gasteiger partial charge in [-0.1, -0.05) is 0 Å². The molecule has 0 aliphatic heterocycles. The minimum Gasteiger partial charge on any atom is -0.318 e. The predicted octanol–water partition coefficient (Wildman–Crippen LogP) is 1.49. The van der Waals surface area contributed by atoms with Crippen molar-refractivity contribution in [3.63, 3.8) is 0 Å². The van der Waals surface area contributed by atoms with Crippen LogP contribution in [0.15, 0.2) is 29.2 Å². The minimum atomic E-state index is -0.600. The number of carbonyl (C=O) groups excluding carboxylic acids is 1. The van der Waals surface area contributed by atoms with Crippen molar-refractivity contribution in [3.05, 3.63) is 46.1 Å². The van der Waals surface area contributed by atoms with Gasteiger partial charge in [-0.25, -0.2) is 4.39 Å². The van der Waals surface area contributed by atoms with Crippen molar-refractivity contribution >= 4 is 17.1 Å². The van der Waals surface area contributed by atoms with Crippen LogP contribution in [0.3, 0.4) is 0 Å². The van der Waals surface area contributed by atoms with Gasteiger partial charge in [0, 0.05) is 24.2 Å². The number of hydrogen-bond acceptors (Lipinski definition) is 2. The Morgan fingerprint density at radius 2 is 2.07 bits per heavy atom. The van der Waals surface area contributed by atoms with Crippen LogP contribution < -0.4 is 5.56 Å². The van der Waals surface area contributed by atoms with E-state index in [0.29, 0.717) is 17.2 Å². The fraction of sp³-hybridized carbons (Fsp3) is 0.0909. The lowest BCUT2D eigenvalue weighted by Crippen LogP contribution is -2.17. The summed E-state index contributed by atoms with van der Waals surface area (Å²) in [5, 5.41) is 0.317. The molecule has 0 spiro atoms. The highest BCUT2D eigenvalue weighted by Gasteiger charge is 2.09. The monoisotopic (exact) mass is 205 g/mol. The van der Waals surface area contributed by atoms with Crippen molar-refractivity contribution in [2.75, 3.05) is 0 Å². The quantitative estimate of drug-likeness (QED) is 0.661. The predicted molar refractivity (Wildman–Crippen MR) is 54.5 cm³/mol. The summed E-state index contributed by atoms with van der Waals surface area (Å²) >= 11 is 0. The van der Waals surface area contributed by atoms with Crippen molar-refractivity contribution in [1.29, 1.82) is 0 Å². The van der Waals surface area contributed by atoms with Gasteiger partial charge in [0.25, 0.3) is 5.56 Å². The van der Waals surface area contributed by atoms with Gasteiger partial charge in [-0.3, -0.25) is 9.59 Å². The molecule has 0 fully saturated rings. The van der Waals surface area contributed by atoms with Crippen molar-refractivity contribution in [3.8, 4) is 0 Å². The van der Waals surface area contributed by atoms with Gasteiger partial charge in [-0.05, 0) is 18.2 Å². The standard InChI is InChI=1S/C11H8FNO2/c1-13-5-4-8-7(6-14)2-3-9(12)10(8)11(13)15/h2-6H,1H3. The summed E-state index contributed by atoms with van der Waals surface area (Å²) in [6.07, 6.45) is 2.12. The summed E-state index contributed by atoms with van der Waals surface area (Å²) in [7, 11) is 1.54. The molecule has 1 aromatic carbocycles. The topological polar surface area (TPSA) is 39.1 Å². The molecular weight excluding hydrogens is 197 g/mol. The number of aromatic nitrogens is 1. The third-order valence-corrected chi connectivity index (χ3v) is 2.35. The summed E-state index contributed by atoms with van der Waals surface area (Å²) < 4.78 is 14.7. The average molecular weight is 205 g/mol. The van der Waals surface area contributed by atoms with Gasteiger partial charge in [0.05, 0.1) is 5.39 Å². The Balaban J connectivity index is 3.07. The van der Waals surface area contributed by atoms with E-state index in [9.17, 15) is 14.0 Å². The molecule has 2 aromatic rings. The van der Waals surface area contributed by atoms with E-state index in [4.69, 9.17) is 0 Å². The molecular formula is C11H8FNO2. The van der Waals surface area contributed by atoms with E-state index in [0.717, 1.165) is 6.07 Å². The maximum absolute atomic E-state index is 13.4. The second kappa shape index (κ2) is 3.31. The van der Waals surface area contributed by atoms with Crippen LogP contribution in [0, 0.1) is 5.82 Å². The molecule has 4 heteroatoms. The van der Waals surface area contributed by atoms with Crippen LogP contribution in [0.2, 0.25) is 0 Å². The number of aldehydes is 1. The van der Waals surface area contributed by atoms with Gasteiger partial charge < -0.3 is 4.57 Å². The van der Waals surface area contributed by atoms with Gasteiger partial charge in [0.1, 0.15) is 5.82 Å². The van der Waals surface area contributed by atoms with Crippen LogP contribution in [0.4, 0.5) is 4.39 Å². The van der Waals surface area contributed by atoms with Crippen molar-refractivity contribution in [2.45, 2.75) is 0 Å². The molecule has 1 aromatic heterocycles. The van der Waals surface area contributed by atoms with E-state index in [-0.39, 0.29) is 5.39 Å². The molecule has 3 nitrogen and oxygen atoms in total. The first-order chi connectivity index (χ1) is 7.15. The van der Waals surface area contributed by atoms with Crippen molar-refractivity contribution < 1.29 is 9.18 Å². The molecule has 0 atom stereocenters. The lowest BCUT2D eigenvalue weighted by Gasteiger charge is -2.03. The molecule has 0 saturated carbocycles. The second-order valence-electron chi connectivity index (χ2n) is 3.27. The van der Waals surface area contributed by atoms with Gasteiger partial charge in [0.2, 0.25) is 0 Å². The Morgan fingerprint density at radius 3 is 2.73 bits per heavy atom. The molecule has 0 amide bonds. The zero-order valence-corrected chi connectivity index (χ0v) is 8.03. The second-order valence-corrected chi connectivity index (χ2v) is 3.27. The number of benzene rings is 1. The highest BCUT2D eigenvalue weighted by Crippen LogP contribution is 2.17. The Hall–Kier alpha value is -1.97. The molecule has 0 saturated heterocycles. The number of hydrogen-bond donors (Lipinski definition) is 0. The normalized spacial score (nSPS) is 10.5. The number of fused-ring (bicyclic) bond motifs is 1.